The Morgan fingerprint density at radius 1 is 1.12 bits per heavy atom. The number of carbonyl (C=O) groups is 2. The van der Waals surface area contributed by atoms with E-state index in [9.17, 15) is 9.59 Å². The van der Waals surface area contributed by atoms with Gasteiger partial charge in [0.05, 0.1) is 17.7 Å². The number of amides is 2. The molecule has 134 valence electrons. The van der Waals surface area contributed by atoms with Gasteiger partial charge in [0.1, 0.15) is 0 Å². The van der Waals surface area contributed by atoms with E-state index in [4.69, 9.17) is 22.2 Å². The molecule has 4 rings (SSSR count). The van der Waals surface area contributed by atoms with E-state index in [2.05, 4.69) is 6.07 Å². The van der Waals surface area contributed by atoms with Crippen molar-refractivity contribution >= 4 is 23.4 Å². The number of nitrogens with two attached hydrogens (primary N) is 1. The van der Waals surface area contributed by atoms with Crippen LogP contribution in [-0.2, 0) is 11.3 Å². The molecule has 1 saturated carbocycles. The first-order chi connectivity index (χ1) is 12.5. The summed E-state index contributed by atoms with van der Waals surface area (Å²) in [4.78, 5) is 29.9. The van der Waals surface area contributed by atoms with Crippen molar-refractivity contribution < 1.29 is 14.4 Å². The van der Waals surface area contributed by atoms with Gasteiger partial charge in [-0.2, -0.15) is 0 Å². The molecule has 6 heteroatoms. The maximum Gasteiger partial charge on any atom is 0.285 e. The van der Waals surface area contributed by atoms with Gasteiger partial charge < -0.3 is 5.73 Å². The Labute approximate surface area is 156 Å². The Morgan fingerprint density at radius 3 is 2.35 bits per heavy atom. The molecule has 26 heavy (non-hydrogen) atoms. The van der Waals surface area contributed by atoms with Crippen LogP contribution in [0.3, 0.4) is 0 Å². The molecule has 2 aliphatic rings. The lowest BCUT2D eigenvalue weighted by atomic mass is 10.0. The number of benzene rings is 2. The second kappa shape index (κ2) is 6.83. The molecule has 2 aromatic carbocycles. The number of hydrogen-bond donors (Lipinski definition) is 1. The van der Waals surface area contributed by atoms with E-state index in [0.717, 1.165) is 10.6 Å². The van der Waals surface area contributed by atoms with E-state index in [1.165, 1.54) is 18.4 Å². The lowest BCUT2D eigenvalue weighted by molar-refractivity contribution is -0.0951. The van der Waals surface area contributed by atoms with E-state index < -0.39 is 11.8 Å². The number of imide groups is 1. The molecule has 1 atom stereocenters. The highest BCUT2D eigenvalue weighted by molar-refractivity contribution is 6.31. The van der Waals surface area contributed by atoms with Crippen LogP contribution in [0.5, 0.6) is 0 Å². The van der Waals surface area contributed by atoms with Gasteiger partial charge in [-0.25, -0.2) is 0 Å². The first-order valence-electron chi connectivity index (χ1n) is 8.69. The van der Waals surface area contributed by atoms with Crippen molar-refractivity contribution in [2.45, 2.75) is 31.2 Å². The molecular formula is C20H19ClN2O3. The van der Waals surface area contributed by atoms with Crippen LogP contribution in [0.4, 0.5) is 0 Å². The van der Waals surface area contributed by atoms with E-state index >= 15 is 0 Å². The summed E-state index contributed by atoms with van der Waals surface area (Å²) in [6, 6.07) is 12.4. The van der Waals surface area contributed by atoms with Crippen LogP contribution in [0, 0.1) is 0 Å². The Morgan fingerprint density at radius 2 is 1.77 bits per heavy atom. The molecule has 1 heterocycles. The molecule has 0 bridgehead atoms. The zero-order valence-electron chi connectivity index (χ0n) is 14.2. The molecule has 2 amide bonds. The number of fused-ring (bicyclic) bond motifs is 1. The standard InChI is InChI=1S/C20H19ClN2O3/c21-18-10-13(12-5-6-12)7-8-14(18)9-15(22)11-26-23-19(24)16-3-1-2-4-17(16)20(23)25/h1-4,7-8,10,12,15H,5-6,9,11,22H2. The normalized spacial score (nSPS) is 17.5. The average molecular weight is 371 g/mol. The molecule has 1 unspecified atom stereocenters. The Kier molecular flexibility index (Phi) is 4.53. The molecular weight excluding hydrogens is 352 g/mol. The summed E-state index contributed by atoms with van der Waals surface area (Å²) in [6.45, 7) is 0.0478. The van der Waals surface area contributed by atoms with Crippen LogP contribution < -0.4 is 5.73 Å². The van der Waals surface area contributed by atoms with Crippen LogP contribution in [0.25, 0.3) is 0 Å². The van der Waals surface area contributed by atoms with Crippen LogP contribution in [0.2, 0.25) is 5.02 Å². The lowest BCUT2D eigenvalue weighted by Crippen LogP contribution is -2.37. The smallest absolute Gasteiger partial charge is 0.285 e. The molecule has 1 fully saturated rings. The molecule has 1 aliphatic heterocycles. The highest BCUT2D eigenvalue weighted by Gasteiger charge is 2.36. The molecule has 0 spiro atoms. The SMILES string of the molecule is NC(CON1C(=O)c2ccccc2C1=O)Cc1ccc(C2CC2)cc1Cl. The Balaban J connectivity index is 1.37. The van der Waals surface area contributed by atoms with Gasteiger partial charge in [-0.15, -0.1) is 5.06 Å². The maximum absolute atomic E-state index is 12.3. The first kappa shape index (κ1) is 17.2. The van der Waals surface area contributed by atoms with Crippen molar-refractivity contribution in [2.75, 3.05) is 6.61 Å². The third-order valence-corrected chi connectivity index (χ3v) is 5.13. The minimum absolute atomic E-state index is 0.0478. The third kappa shape index (κ3) is 3.26. The molecule has 1 aliphatic carbocycles. The van der Waals surface area contributed by atoms with Crippen LogP contribution in [0.15, 0.2) is 42.5 Å². The van der Waals surface area contributed by atoms with Crippen molar-refractivity contribution in [1.29, 1.82) is 0 Å². The number of halogens is 1. The zero-order valence-corrected chi connectivity index (χ0v) is 14.9. The van der Waals surface area contributed by atoms with Crippen LogP contribution in [0.1, 0.15) is 50.6 Å². The van der Waals surface area contributed by atoms with Crippen molar-refractivity contribution in [2.24, 2.45) is 5.73 Å². The number of carbonyl (C=O) groups excluding carboxylic acids is 2. The highest BCUT2D eigenvalue weighted by Crippen LogP contribution is 2.41. The fraction of sp³-hybridized carbons (Fsp3) is 0.300. The quantitative estimate of drug-likeness (QED) is 0.792. The summed E-state index contributed by atoms with van der Waals surface area (Å²) in [5, 5.41) is 1.49. The van der Waals surface area contributed by atoms with Gasteiger partial charge in [-0.3, -0.25) is 14.4 Å². The molecule has 0 aromatic heterocycles. The Bertz CT molecular complexity index is 844. The molecule has 5 nitrogen and oxygen atoms in total. The van der Waals surface area contributed by atoms with E-state index in [0.29, 0.717) is 28.5 Å². The van der Waals surface area contributed by atoms with Gasteiger partial charge in [-0.05, 0) is 54.5 Å². The Hall–Kier alpha value is -2.21. The van der Waals surface area contributed by atoms with Crippen molar-refractivity contribution in [3.8, 4) is 0 Å². The highest BCUT2D eigenvalue weighted by atomic mass is 35.5. The van der Waals surface area contributed by atoms with Gasteiger partial charge >= 0.3 is 0 Å². The van der Waals surface area contributed by atoms with Crippen LogP contribution in [-0.4, -0.2) is 29.5 Å². The van der Waals surface area contributed by atoms with Gasteiger partial charge in [-0.1, -0.05) is 35.9 Å². The molecule has 2 aromatic rings. The summed E-state index contributed by atoms with van der Waals surface area (Å²) in [5.41, 5.74) is 9.04. The van der Waals surface area contributed by atoms with Crippen molar-refractivity contribution in [3.63, 3.8) is 0 Å². The second-order valence-corrected chi connectivity index (χ2v) is 7.24. The fourth-order valence-electron chi connectivity index (χ4n) is 3.20. The lowest BCUT2D eigenvalue weighted by Gasteiger charge is -2.18. The number of nitrogens with zero attached hydrogens (tertiary/aromatic N) is 1. The maximum atomic E-state index is 12.3. The second-order valence-electron chi connectivity index (χ2n) is 6.84. The van der Waals surface area contributed by atoms with Gasteiger partial charge in [0.25, 0.3) is 11.8 Å². The van der Waals surface area contributed by atoms with Crippen LogP contribution >= 0.6 is 11.6 Å². The minimum atomic E-state index is -0.454. The number of hydrogen-bond acceptors (Lipinski definition) is 4. The zero-order chi connectivity index (χ0) is 18.3. The number of hydroxylamine groups is 2. The topological polar surface area (TPSA) is 72.6 Å². The summed E-state index contributed by atoms with van der Waals surface area (Å²) in [5.74, 6) is -0.262. The first-order valence-corrected chi connectivity index (χ1v) is 9.07. The summed E-state index contributed by atoms with van der Waals surface area (Å²) < 4.78 is 0. The van der Waals surface area contributed by atoms with Gasteiger partial charge in [0, 0.05) is 11.1 Å². The molecule has 2 N–H and O–H groups in total. The average Bonchev–Trinajstić information content (AvgIpc) is 3.45. The van der Waals surface area contributed by atoms with E-state index in [-0.39, 0.29) is 12.6 Å². The summed E-state index contributed by atoms with van der Waals surface area (Å²) >= 11 is 6.36. The number of rotatable bonds is 6. The minimum Gasteiger partial charge on any atom is -0.325 e. The predicted molar refractivity (Wildman–Crippen MR) is 98.0 cm³/mol. The third-order valence-electron chi connectivity index (χ3n) is 4.78. The van der Waals surface area contributed by atoms with E-state index in [1.807, 2.05) is 12.1 Å². The van der Waals surface area contributed by atoms with Crippen molar-refractivity contribution in [3.05, 3.63) is 69.7 Å². The predicted octanol–water partition coefficient (Wildman–Crippen LogP) is 3.32. The van der Waals surface area contributed by atoms with Gasteiger partial charge in [0.15, 0.2) is 0 Å². The molecule has 0 radical (unpaired) electrons. The largest absolute Gasteiger partial charge is 0.325 e. The van der Waals surface area contributed by atoms with Gasteiger partial charge in [0.2, 0.25) is 0 Å². The van der Waals surface area contributed by atoms with Crippen molar-refractivity contribution in [1.82, 2.24) is 5.06 Å². The summed E-state index contributed by atoms with van der Waals surface area (Å²) in [6.07, 6.45) is 2.96. The fourth-order valence-corrected chi connectivity index (χ4v) is 3.46. The summed E-state index contributed by atoms with van der Waals surface area (Å²) in [7, 11) is 0. The monoisotopic (exact) mass is 370 g/mol. The van der Waals surface area contributed by atoms with E-state index in [1.54, 1.807) is 24.3 Å². The molecule has 0 saturated heterocycles.